The average molecular weight is 292 g/mol. The van der Waals surface area contributed by atoms with Crippen LogP contribution < -0.4 is 5.73 Å². The summed E-state index contributed by atoms with van der Waals surface area (Å²) in [6, 6.07) is 5.05. The first-order chi connectivity index (χ1) is 9.52. The number of esters is 1. The van der Waals surface area contributed by atoms with Crippen molar-refractivity contribution < 1.29 is 9.53 Å². The minimum absolute atomic E-state index is 0.341. The lowest BCUT2D eigenvalue weighted by Crippen LogP contribution is -2.05. The number of aromatic nitrogens is 3. The Labute approximate surface area is 121 Å². The Morgan fingerprint density at radius 3 is 2.80 bits per heavy atom. The number of aryl methyl sites for hydroxylation is 1. The van der Waals surface area contributed by atoms with E-state index >= 15 is 0 Å². The number of carbonyl (C=O) groups excluding carboxylic acids is 1. The van der Waals surface area contributed by atoms with Crippen LogP contribution in [0.2, 0.25) is 0 Å². The van der Waals surface area contributed by atoms with E-state index in [1.165, 1.54) is 11.8 Å². The zero-order valence-electron chi connectivity index (χ0n) is 11.6. The smallest absolute Gasteiger partial charge is 0.338 e. The average Bonchev–Trinajstić information content (AvgIpc) is 2.73. The molecule has 0 saturated carbocycles. The Balaban J connectivity index is 2.29. The van der Waals surface area contributed by atoms with Gasteiger partial charge in [-0.1, -0.05) is 0 Å². The van der Waals surface area contributed by atoms with Crippen LogP contribution >= 0.6 is 11.8 Å². The van der Waals surface area contributed by atoms with Gasteiger partial charge in [-0.2, -0.15) is 0 Å². The fourth-order valence-corrected chi connectivity index (χ4v) is 2.46. The second kappa shape index (κ2) is 5.96. The lowest BCUT2D eigenvalue weighted by Gasteiger charge is -2.07. The lowest BCUT2D eigenvalue weighted by molar-refractivity contribution is 0.0526. The molecule has 2 N–H and O–H groups in total. The molecule has 1 aromatic carbocycles. The summed E-state index contributed by atoms with van der Waals surface area (Å²) in [4.78, 5) is 12.5. The molecule has 0 spiro atoms. The summed E-state index contributed by atoms with van der Waals surface area (Å²) in [5, 5.41) is 8.77. The van der Waals surface area contributed by atoms with Gasteiger partial charge in [-0.15, -0.1) is 10.2 Å². The molecule has 1 heterocycles. The number of nitrogens with two attached hydrogens (primary N) is 1. The van der Waals surface area contributed by atoms with Gasteiger partial charge in [0.05, 0.1) is 12.2 Å². The summed E-state index contributed by atoms with van der Waals surface area (Å²) in [5.41, 5.74) is 7.00. The zero-order chi connectivity index (χ0) is 14.7. The molecule has 0 saturated heterocycles. The summed E-state index contributed by atoms with van der Waals surface area (Å²) in [6.07, 6.45) is 0. The number of carbonyl (C=O) groups is 1. The Morgan fingerprint density at radius 1 is 1.45 bits per heavy atom. The van der Waals surface area contributed by atoms with Gasteiger partial charge in [0.1, 0.15) is 5.82 Å². The molecule has 0 fully saturated rings. The van der Waals surface area contributed by atoms with Gasteiger partial charge in [0.25, 0.3) is 0 Å². The number of anilines is 1. The first-order valence-corrected chi connectivity index (χ1v) is 6.95. The highest BCUT2D eigenvalue weighted by atomic mass is 32.2. The molecule has 20 heavy (non-hydrogen) atoms. The van der Waals surface area contributed by atoms with E-state index in [0.29, 0.717) is 17.9 Å². The normalized spacial score (nSPS) is 10.6. The van der Waals surface area contributed by atoms with E-state index in [-0.39, 0.29) is 5.97 Å². The number of hydrogen-bond acceptors (Lipinski definition) is 6. The number of benzene rings is 1. The van der Waals surface area contributed by atoms with Gasteiger partial charge in [-0.3, -0.25) is 0 Å². The topological polar surface area (TPSA) is 83.0 Å². The predicted molar refractivity (Wildman–Crippen MR) is 76.7 cm³/mol. The molecule has 0 aliphatic carbocycles. The zero-order valence-corrected chi connectivity index (χ0v) is 12.4. The SMILES string of the molecule is CCOC(=O)c1ccc(N)c(Sc2nnc(C)n2C)c1. The van der Waals surface area contributed by atoms with Crippen molar-refractivity contribution in [2.24, 2.45) is 7.05 Å². The molecular weight excluding hydrogens is 276 g/mol. The van der Waals surface area contributed by atoms with Crippen molar-refractivity contribution in [3.8, 4) is 0 Å². The van der Waals surface area contributed by atoms with Gasteiger partial charge < -0.3 is 15.0 Å². The van der Waals surface area contributed by atoms with Crippen molar-refractivity contribution >= 4 is 23.4 Å². The number of nitrogen functional groups attached to an aromatic ring is 1. The maximum atomic E-state index is 11.7. The third-order valence-electron chi connectivity index (χ3n) is 2.78. The van der Waals surface area contributed by atoms with Crippen molar-refractivity contribution in [3.63, 3.8) is 0 Å². The molecule has 0 aliphatic heterocycles. The highest BCUT2D eigenvalue weighted by Crippen LogP contribution is 2.31. The molecule has 0 unspecified atom stereocenters. The molecule has 0 aliphatic rings. The van der Waals surface area contributed by atoms with Crippen molar-refractivity contribution in [2.45, 2.75) is 23.9 Å². The summed E-state index contributed by atoms with van der Waals surface area (Å²) in [5.74, 6) is 0.455. The second-order valence-corrected chi connectivity index (χ2v) is 5.17. The summed E-state index contributed by atoms with van der Waals surface area (Å²) in [7, 11) is 1.88. The van der Waals surface area contributed by atoms with Gasteiger partial charge in [-0.05, 0) is 43.8 Å². The summed E-state index contributed by atoms with van der Waals surface area (Å²) < 4.78 is 6.84. The summed E-state index contributed by atoms with van der Waals surface area (Å²) >= 11 is 1.37. The Kier molecular flexibility index (Phi) is 4.29. The van der Waals surface area contributed by atoms with E-state index in [4.69, 9.17) is 10.5 Å². The number of nitrogens with zero attached hydrogens (tertiary/aromatic N) is 3. The third kappa shape index (κ3) is 2.93. The molecule has 106 valence electrons. The Morgan fingerprint density at radius 2 is 2.20 bits per heavy atom. The van der Waals surface area contributed by atoms with Crippen LogP contribution in [-0.4, -0.2) is 27.3 Å². The maximum absolute atomic E-state index is 11.7. The third-order valence-corrected chi connectivity index (χ3v) is 3.89. The van der Waals surface area contributed by atoms with E-state index in [1.807, 2.05) is 18.5 Å². The largest absolute Gasteiger partial charge is 0.462 e. The minimum atomic E-state index is -0.358. The van der Waals surface area contributed by atoms with Gasteiger partial charge in [-0.25, -0.2) is 4.79 Å². The van der Waals surface area contributed by atoms with Crippen molar-refractivity contribution in [3.05, 3.63) is 29.6 Å². The van der Waals surface area contributed by atoms with Gasteiger partial charge >= 0.3 is 5.97 Å². The van der Waals surface area contributed by atoms with E-state index in [1.54, 1.807) is 25.1 Å². The van der Waals surface area contributed by atoms with Crippen molar-refractivity contribution in [2.75, 3.05) is 12.3 Å². The highest BCUT2D eigenvalue weighted by molar-refractivity contribution is 7.99. The van der Waals surface area contributed by atoms with Crippen LogP contribution in [0.15, 0.2) is 28.3 Å². The number of rotatable bonds is 4. The van der Waals surface area contributed by atoms with Crippen LogP contribution in [-0.2, 0) is 11.8 Å². The minimum Gasteiger partial charge on any atom is -0.462 e. The fourth-order valence-electron chi connectivity index (χ4n) is 1.54. The van der Waals surface area contributed by atoms with E-state index in [2.05, 4.69) is 10.2 Å². The molecular formula is C13H16N4O2S. The van der Waals surface area contributed by atoms with Crippen LogP contribution in [0.5, 0.6) is 0 Å². The highest BCUT2D eigenvalue weighted by Gasteiger charge is 2.13. The second-order valence-electron chi connectivity index (χ2n) is 4.16. The van der Waals surface area contributed by atoms with Crippen LogP contribution in [0.3, 0.4) is 0 Å². The maximum Gasteiger partial charge on any atom is 0.338 e. The van der Waals surface area contributed by atoms with E-state index in [9.17, 15) is 4.79 Å². The molecule has 2 aromatic rings. The van der Waals surface area contributed by atoms with E-state index in [0.717, 1.165) is 15.9 Å². The first-order valence-electron chi connectivity index (χ1n) is 6.13. The summed E-state index contributed by atoms with van der Waals surface area (Å²) in [6.45, 7) is 3.98. The fraction of sp³-hybridized carbons (Fsp3) is 0.308. The monoisotopic (exact) mass is 292 g/mol. The molecule has 2 rings (SSSR count). The molecule has 0 amide bonds. The van der Waals surface area contributed by atoms with E-state index < -0.39 is 0 Å². The molecule has 1 aromatic heterocycles. The molecule has 7 heteroatoms. The van der Waals surface area contributed by atoms with Gasteiger partial charge in [0, 0.05) is 17.6 Å². The van der Waals surface area contributed by atoms with Crippen LogP contribution in [0.1, 0.15) is 23.1 Å². The lowest BCUT2D eigenvalue weighted by atomic mass is 10.2. The molecule has 0 atom stereocenters. The molecule has 6 nitrogen and oxygen atoms in total. The van der Waals surface area contributed by atoms with Crippen LogP contribution in [0, 0.1) is 6.92 Å². The molecule has 0 bridgehead atoms. The van der Waals surface area contributed by atoms with Crippen LogP contribution in [0.4, 0.5) is 5.69 Å². The first kappa shape index (κ1) is 14.4. The van der Waals surface area contributed by atoms with Crippen LogP contribution in [0.25, 0.3) is 0 Å². The molecule has 0 radical (unpaired) electrons. The van der Waals surface area contributed by atoms with Gasteiger partial charge in [0.15, 0.2) is 5.16 Å². The number of hydrogen-bond donors (Lipinski definition) is 1. The Hall–Kier alpha value is -2.02. The quantitative estimate of drug-likeness (QED) is 0.686. The standard InChI is InChI=1S/C13H16N4O2S/c1-4-19-12(18)9-5-6-10(14)11(7-9)20-13-16-15-8(2)17(13)3/h5-7H,4,14H2,1-3H3. The van der Waals surface area contributed by atoms with Gasteiger partial charge in [0.2, 0.25) is 0 Å². The van der Waals surface area contributed by atoms with Crippen molar-refractivity contribution in [1.29, 1.82) is 0 Å². The Bertz CT molecular complexity index is 639. The van der Waals surface area contributed by atoms with Crippen molar-refractivity contribution in [1.82, 2.24) is 14.8 Å². The predicted octanol–water partition coefficient (Wildman–Crippen LogP) is 2.03. The number of ether oxygens (including phenoxy) is 1.